The van der Waals surface area contributed by atoms with Gasteiger partial charge in [0.05, 0.1) is 18.8 Å². The number of carbonyl (C=O) groups excluding carboxylic acids is 1. The predicted octanol–water partition coefficient (Wildman–Crippen LogP) is 0.753. The van der Waals surface area contributed by atoms with E-state index in [0.29, 0.717) is 0 Å². The largest absolute Gasteiger partial charge is 0.480 e. The molecule has 1 aromatic rings. The number of anilines is 1. The van der Waals surface area contributed by atoms with Crippen LogP contribution in [0.2, 0.25) is 0 Å². The number of rotatable bonds is 6. The topological polar surface area (TPSA) is 95.7 Å². The van der Waals surface area contributed by atoms with Crippen molar-refractivity contribution in [3.63, 3.8) is 0 Å². The zero-order valence-electron chi connectivity index (χ0n) is 10.6. The molecule has 0 bridgehead atoms. The summed E-state index contributed by atoms with van der Waals surface area (Å²) >= 11 is 0. The Bertz CT molecular complexity index is 428. The van der Waals surface area contributed by atoms with Crippen molar-refractivity contribution in [3.05, 3.63) is 11.8 Å². The molecule has 1 amide bonds. The molecule has 0 unspecified atom stereocenters. The molecule has 0 fully saturated rings. The number of nitrogens with one attached hydrogen (secondary N) is 1. The number of aliphatic carboxylic acids is 1. The van der Waals surface area contributed by atoms with Gasteiger partial charge in [-0.1, -0.05) is 19.0 Å². The van der Waals surface area contributed by atoms with Gasteiger partial charge in [0.15, 0.2) is 0 Å². The summed E-state index contributed by atoms with van der Waals surface area (Å²) in [6, 6.07) is 1.65. The lowest BCUT2D eigenvalue weighted by Gasteiger charge is -2.12. The van der Waals surface area contributed by atoms with Gasteiger partial charge in [-0.05, 0) is 13.0 Å². The average molecular weight is 255 g/mol. The van der Waals surface area contributed by atoms with Gasteiger partial charge in [0, 0.05) is 6.07 Å². The third-order valence-electron chi connectivity index (χ3n) is 2.20. The number of aromatic nitrogens is 1. The summed E-state index contributed by atoms with van der Waals surface area (Å²) < 4.78 is 4.94. The van der Waals surface area contributed by atoms with Gasteiger partial charge in [-0.15, -0.1) is 0 Å². The summed E-state index contributed by atoms with van der Waals surface area (Å²) in [6.45, 7) is 3.71. The van der Waals surface area contributed by atoms with Crippen LogP contribution >= 0.6 is 0 Å². The van der Waals surface area contributed by atoms with E-state index in [1.54, 1.807) is 13.1 Å². The van der Waals surface area contributed by atoms with Crippen molar-refractivity contribution in [3.8, 4) is 0 Å². The fraction of sp³-hybridized carbons (Fsp3) is 0.545. The molecule has 0 saturated heterocycles. The van der Waals surface area contributed by atoms with E-state index in [9.17, 15) is 9.59 Å². The number of hydrogen-bond donors (Lipinski definition) is 2. The van der Waals surface area contributed by atoms with Gasteiger partial charge in [0.1, 0.15) is 0 Å². The lowest BCUT2D eigenvalue weighted by atomic mass is 10.1. The molecule has 0 spiro atoms. The molecule has 0 aliphatic carbocycles. The van der Waals surface area contributed by atoms with E-state index < -0.39 is 5.97 Å². The summed E-state index contributed by atoms with van der Waals surface area (Å²) in [6.07, 6.45) is 0. The van der Waals surface area contributed by atoms with E-state index >= 15 is 0 Å². The van der Waals surface area contributed by atoms with Crippen molar-refractivity contribution in [2.24, 2.45) is 0 Å². The van der Waals surface area contributed by atoms with Crippen LogP contribution in [-0.2, 0) is 9.59 Å². The minimum absolute atomic E-state index is 0.0238. The molecular weight excluding hydrogens is 238 g/mol. The highest BCUT2D eigenvalue weighted by atomic mass is 16.5. The van der Waals surface area contributed by atoms with Crippen molar-refractivity contribution in [1.82, 2.24) is 10.1 Å². The van der Waals surface area contributed by atoms with Crippen LogP contribution in [0.5, 0.6) is 0 Å². The Kier molecular flexibility index (Phi) is 4.85. The molecule has 7 heteroatoms. The molecule has 1 aromatic heterocycles. The van der Waals surface area contributed by atoms with Crippen LogP contribution in [0, 0.1) is 0 Å². The first kappa shape index (κ1) is 14.2. The Balaban J connectivity index is 2.46. The molecule has 0 aliphatic rings. The maximum Gasteiger partial charge on any atom is 0.317 e. The van der Waals surface area contributed by atoms with Crippen molar-refractivity contribution >= 4 is 17.8 Å². The Hall–Kier alpha value is -1.89. The van der Waals surface area contributed by atoms with E-state index in [2.05, 4.69) is 10.5 Å². The first-order chi connectivity index (χ1) is 8.38. The maximum absolute atomic E-state index is 11.5. The molecule has 0 aliphatic heterocycles. The van der Waals surface area contributed by atoms with Crippen LogP contribution in [0.4, 0.5) is 5.88 Å². The van der Waals surface area contributed by atoms with E-state index in [1.165, 1.54) is 4.90 Å². The summed E-state index contributed by atoms with van der Waals surface area (Å²) in [5, 5.41) is 14.9. The number of carbonyl (C=O) groups is 2. The van der Waals surface area contributed by atoms with Crippen LogP contribution < -0.4 is 5.32 Å². The second-order valence-corrected chi connectivity index (χ2v) is 4.38. The SMILES string of the molecule is CC(C)c1cc(NC(=O)CN(C)CC(=O)O)on1. The van der Waals surface area contributed by atoms with Gasteiger partial charge in [-0.25, -0.2) is 0 Å². The first-order valence-electron chi connectivity index (χ1n) is 5.55. The molecule has 0 atom stereocenters. The van der Waals surface area contributed by atoms with E-state index in [0.717, 1.165) is 5.69 Å². The van der Waals surface area contributed by atoms with Gasteiger partial charge >= 0.3 is 5.97 Å². The van der Waals surface area contributed by atoms with Gasteiger partial charge < -0.3 is 9.63 Å². The zero-order chi connectivity index (χ0) is 13.7. The smallest absolute Gasteiger partial charge is 0.317 e. The number of amides is 1. The Morgan fingerprint density at radius 1 is 1.50 bits per heavy atom. The highest BCUT2D eigenvalue weighted by Gasteiger charge is 2.13. The predicted molar refractivity (Wildman–Crippen MR) is 64.4 cm³/mol. The quantitative estimate of drug-likeness (QED) is 0.778. The minimum Gasteiger partial charge on any atom is -0.480 e. The summed E-state index contributed by atoms with van der Waals surface area (Å²) in [4.78, 5) is 23.4. The minimum atomic E-state index is -0.980. The van der Waals surface area contributed by atoms with Gasteiger partial charge in [-0.3, -0.25) is 19.8 Å². The Labute approximate surface area is 105 Å². The second-order valence-electron chi connectivity index (χ2n) is 4.38. The monoisotopic (exact) mass is 255 g/mol. The van der Waals surface area contributed by atoms with Crippen molar-refractivity contribution in [1.29, 1.82) is 0 Å². The third-order valence-corrected chi connectivity index (χ3v) is 2.20. The van der Waals surface area contributed by atoms with E-state index in [4.69, 9.17) is 9.63 Å². The Morgan fingerprint density at radius 2 is 2.17 bits per heavy atom. The molecule has 0 aromatic carbocycles. The summed E-state index contributed by atoms with van der Waals surface area (Å²) in [7, 11) is 1.55. The molecule has 0 radical (unpaired) electrons. The number of likely N-dealkylation sites (N-methyl/N-ethyl adjacent to an activating group) is 1. The lowest BCUT2D eigenvalue weighted by molar-refractivity contribution is -0.138. The van der Waals surface area contributed by atoms with Gasteiger partial charge in [-0.2, -0.15) is 0 Å². The molecule has 0 saturated carbocycles. The molecular formula is C11H17N3O4. The third kappa shape index (κ3) is 4.54. The molecule has 1 heterocycles. The van der Waals surface area contributed by atoms with Crippen LogP contribution in [0.3, 0.4) is 0 Å². The van der Waals surface area contributed by atoms with Crippen molar-refractivity contribution in [2.45, 2.75) is 19.8 Å². The van der Waals surface area contributed by atoms with Crippen LogP contribution in [0.1, 0.15) is 25.5 Å². The normalized spacial score (nSPS) is 10.9. The molecule has 100 valence electrons. The molecule has 1 rings (SSSR count). The van der Waals surface area contributed by atoms with E-state index in [1.807, 2.05) is 13.8 Å². The standard InChI is InChI=1S/C11H17N3O4/c1-7(2)8-4-10(18-13-8)12-9(15)5-14(3)6-11(16)17/h4,7H,5-6H2,1-3H3,(H,12,15)(H,16,17). The van der Waals surface area contributed by atoms with E-state index in [-0.39, 0.29) is 30.8 Å². The van der Waals surface area contributed by atoms with Crippen molar-refractivity contribution in [2.75, 3.05) is 25.5 Å². The zero-order valence-corrected chi connectivity index (χ0v) is 10.6. The number of carboxylic acid groups (broad SMARTS) is 1. The first-order valence-corrected chi connectivity index (χ1v) is 5.55. The highest BCUT2D eigenvalue weighted by Crippen LogP contribution is 2.17. The Morgan fingerprint density at radius 3 is 2.67 bits per heavy atom. The molecule has 7 nitrogen and oxygen atoms in total. The van der Waals surface area contributed by atoms with Crippen molar-refractivity contribution < 1.29 is 19.2 Å². The molecule has 2 N–H and O–H groups in total. The van der Waals surface area contributed by atoms with Crippen LogP contribution in [0.25, 0.3) is 0 Å². The van der Waals surface area contributed by atoms with Gasteiger partial charge in [0.2, 0.25) is 11.8 Å². The average Bonchev–Trinajstić information content (AvgIpc) is 2.63. The fourth-order valence-corrected chi connectivity index (χ4v) is 1.33. The number of carboxylic acids is 1. The summed E-state index contributed by atoms with van der Waals surface area (Å²) in [5.41, 5.74) is 0.754. The molecule has 18 heavy (non-hydrogen) atoms. The number of nitrogens with zero attached hydrogens (tertiary/aromatic N) is 2. The van der Waals surface area contributed by atoms with Crippen LogP contribution in [0.15, 0.2) is 10.6 Å². The lowest BCUT2D eigenvalue weighted by Crippen LogP contribution is -2.33. The van der Waals surface area contributed by atoms with Crippen LogP contribution in [-0.4, -0.2) is 47.2 Å². The maximum atomic E-state index is 11.5. The van der Waals surface area contributed by atoms with Gasteiger partial charge in [0.25, 0.3) is 0 Å². The highest BCUT2D eigenvalue weighted by molar-refractivity contribution is 5.91. The summed E-state index contributed by atoms with van der Waals surface area (Å²) in [5.74, 6) is -0.834. The fourth-order valence-electron chi connectivity index (χ4n) is 1.33. The number of hydrogen-bond acceptors (Lipinski definition) is 5. The second kappa shape index (κ2) is 6.15.